The Morgan fingerprint density at radius 1 is 1.23 bits per heavy atom. The summed E-state index contributed by atoms with van der Waals surface area (Å²) in [4.78, 5) is 23.9. The summed E-state index contributed by atoms with van der Waals surface area (Å²) < 4.78 is 18.3. The number of amides is 1. The van der Waals surface area contributed by atoms with Crippen molar-refractivity contribution in [3.63, 3.8) is 0 Å². The summed E-state index contributed by atoms with van der Waals surface area (Å²) in [5.41, 5.74) is 2.75. The molecule has 0 unspecified atom stereocenters. The Labute approximate surface area is 152 Å². The molecule has 6 nitrogen and oxygen atoms in total. The zero-order valence-corrected chi connectivity index (χ0v) is 15.1. The highest BCUT2D eigenvalue weighted by molar-refractivity contribution is 5.96. The van der Waals surface area contributed by atoms with Gasteiger partial charge in [-0.3, -0.25) is 4.79 Å². The number of nitrogens with zero attached hydrogens (tertiary/aromatic N) is 3. The van der Waals surface area contributed by atoms with Crippen LogP contribution >= 0.6 is 0 Å². The lowest BCUT2D eigenvalue weighted by atomic mass is 10.1. The normalized spacial score (nSPS) is 14.3. The van der Waals surface area contributed by atoms with E-state index in [-0.39, 0.29) is 11.7 Å². The Bertz CT molecular complexity index is 774. The molecule has 0 spiro atoms. The molecule has 1 aliphatic heterocycles. The fourth-order valence-electron chi connectivity index (χ4n) is 2.95. The molecule has 1 fully saturated rings. The molecular weight excluding hydrogens is 335 g/mol. The average molecular weight is 358 g/mol. The van der Waals surface area contributed by atoms with Crippen molar-refractivity contribution in [3.8, 4) is 0 Å². The predicted molar refractivity (Wildman–Crippen MR) is 96.7 cm³/mol. The van der Waals surface area contributed by atoms with Crippen molar-refractivity contribution < 1.29 is 13.9 Å². The summed E-state index contributed by atoms with van der Waals surface area (Å²) in [5, 5.41) is 2.87. The van der Waals surface area contributed by atoms with Gasteiger partial charge < -0.3 is 15.0 Å². The van der Waals surface area contributed by atoms with Crippen LogP contribution in [0.25, 0.3) is 0 Å². The van der Waals surface area contributed by atoms with Gasteiger partial charge in [-0.1, -0.05) is 19.1 Å². The molecule has 0 saturated carbocycles. The molecular formula is C19H23FN4O2. The van der Waals surface area contributed by atoms with Crippen molar-refractivity contribution in [1.82, 2.24) is 15.3 Å². The fraction of sp³-hybridized carbons (Fsp3) is 0.421. The number of carbonyl (C=O) groups excluding carboxylic acids is 1. The zero-order chi connectivity index (χ0) is 18.5. The molecule has 1 saturated heterocycles. The van der Waals surface area contributed by atoms with E-state index in [1.165, 1.54) is 12.1 Å². The Kier molecular flexibility index (Phi) is 5.78. The highest BCUT2D eigenvalue weighted by Crippen LogP contribution is 2.18. The molecule has 0 atom stereocenters. The lowest BCUT2D eigenvalue weighted by Gasteiger charge is -2.27. The molecule has 1 aliphatic rings. The van der Waals surface area contributed by atoms with Gasteiger partial charge in [0.25, 0.3) is 5.91 Å². The Balaban J connectivity index is 1.77. The first-order chi connectivity index (χ1) is 12.6. The van der Waals surface area contributed by atoms with Crippen molar-refractivity contribution in [2.24, 2.45) is 0 Å². The van der Waals surface area contributed by atoms with Crippen LogP contribution in [0.1, 0.15) is 34.2 Å². The van der Waals surface area contributed by atoms with E-state index in [0.717, 1.165) is 24.3 Å². The number of rotatable bonds is 5. The molecule has 0 bridgehead atoms. The first kappa shape index (κ1) is 18.3. The maximum Gasteiger partial charge on any atom is 0.255 e. The van der Waals surface area contributed by atoms with E-state index >= 15 is 0 Å². The molecule has 1 aromatic carbocycles. The monoisotopic (exact) mass is 358 g/mol. The van der Waals surface area contributed by atoms with E-state index in [1.807, 2.05) is 13.8 Å². The highest BCUT2D eigenvalue weighted by atomic mass is 19.1. The molecule has 0 aliphatic carbocycles. The third-order valence-electron chi connectivity index (χ3n) is 4.38. The van der Waals surface area contributed by atoms with Gasteiger partial charge in [0, 0.05) is 19.6 Å². The largest absolute Gasteiger partial charge is 0.378 e. The van der Waals surface area contributed by atoms with E-state index < -0.39 is 0 Å². The topological polar surface area (TPSA) is 67.3 Å². The number of aryl methyl sites for hydroxylation is 2. The summed E-state index contributed by atoms with van der Waals surface area (Å²) in [5.74, 6) is 0.145. The number of ether oxygens (including phenoxy) is 1. The van der Waals surface area contributed by atoms with Crippen LogP contribution in [0.15, 0.2) is 24.3 Å². The number of nitrogens with one attached hydrogen (secondary N) is 1. The smallest absolute Gasteiger partial charge is 0.255 e. The van der Waals surface area contributed by atoms with Crippen LogP contribution in [0, 0.1) is 12.7 Å². The Morgan fingerprint density at radius 3 is 2.58 bits per heavy atom. The second kappa shape index (κ2) is 8.23. The zero-order valence-electron chi connectivity index (χ0n) is 15.1. The number of anilines is 1. The van der Waals surface area contributed by atoms with Crippen molar-refractivity contribution >= 4 is 11.9 Å². The molecule has 138 valence electrons. The van der Waals surface area contributed by atoms with Crippen molar-refractivity contribution in [3.05, 3.63) is 52.6 Å². The summed E-state index contributed by atoms with van der Waals surface area (Å²) in [6, 6.07) is 6.07. The number of carbonyl (C=O) groups is 1. The van der Waals surface area contributed by atoms with Gasteiger partial charge in [0.15, 0.2) is 0 Å². The van der Waals surface area contributed by atoms with Gasteiger partial charge in [0.1, 0.15) is 5.82 Å². The van der Waals surface area contributed by atoms with Crippen molar-refractivity contribution in [1.29, 1.82) is 0 Å². The third kappa shape index (κ3) is 4.16. The van der Waals surface area contributed by atoms with Crippen LogP contribution in [-0.2, 0) is 17.7 Å². The molecule has 0 radical (unpaired) electrons. The highest BCUT2D eigenvalue weighted by Gasteiger charge is 2.21. The van der Waals surface area contributed by atoms with E-state index in [4.69, 9.17) is 4.74 Å². The number of morpholine rings is 1. The summed E-state index contributed by atoms with van der Waals surface area (Å²) in [7, 11) is 0. The minimum Gasteiger partial charge on any atom is -0.378 e. The van der Waals surface area contributed by atoms with Gasteiger partial charge in [0.2, 0.25) is 5.95 Å². The van der Waals surface area contributed by atoms with Crippen LogP contribution in [-0.4, -0.2) is 42.2 Å². The van der Waals surface area contributed by atoms with Gasteiger partial charge in [-0.05, 0) is 31.0 Å². The van der Waals surface area contributed by atoms with Crippen LogP contribution in [0.4, 0.5) is 10.3 Å². The number of hydrogen-bond acceptors (Lipinski definition) is 5. The molecule has 1 N–H and O–H groups in total. The quantitative estimate of drug-likeness (QED) is 0.888. The average Bonchev–Trinajstić information content (AvgIpc) is 2.67. The van der Waals surface area contributed by atoms with Gasteiger partial charge in [-0.25, -0.2) is 14.4 Å². The van der Waals surface area contributed by atoms with E-state index in [0.29, 0.717) is 43.4 Å². The van der Waals surface area contributed by atoms with Gasteiger partial charge >= 0.3 is 0 Å². The van der Waals surface area contributed by atoms with Crippen LogP contribution in [0.2, 0.25) is 0 Å². The lowest BCUT2D eigenvalue weighted by molar-refractivity contribution is 0.0948. The standard InChI is InChI=1S/C19H23FN4O2/c1-3-16-17(18(25)21-12-14-4-6-15(20)7-5-14)13(2)22-19(23-16)24-8-10-26-11-9-24/h4-7H,3,8-12H2,1-2H3,(H,21,25). The minimum absolute atomic E-state index is 0.211. The maximum atomic E-state index is 13.0. The molecule has 2 heterocycles. The summed E-state index contributed by atoms with van der Waals surface area (Å²) in [6.07, 6.45) is 0.639. The van der Waals surface area contributed by atoms with Crippen LogP contribution in [0.5, 0.6) is 0 Å². The second-order valence-corrected chi connectivity index (χ2v) is 6.19. The number of aromatic nitrogens is 2. The minimum atomic E-state index is -0.295. The fourth-order valence-corrected chi connectivity index (χ4v) is 2.95. The van der Waals surface area contributed by atoms with E-state index in [9.17, 15) is 9.18 Å². The lowest BCUT2D eigenvalue weighted by Crippen LogP contribution is -2.38. The third-order valence-corrected chi connectivity index (χ3v) is 4.38. The molecule has 1 aromatic heterocycles. The van der Waals surface area contributed by atoms with E-state index in [1.54, 1.807) is 12.1 Å². The van der Waals surface area contributed by atoms with Gasteiger partial charge in [-0.15, -0.1) is 0 Å². The molecule has 26 heavy (non-hydrogen) atoms. The van der Waals surface area contributed by atoms with Crippen LogP contribution < -0.4 is 10.2 Å². The molecule has 1 amide bonds. The molecule has 3 rings (SSSR count). The number of benzene rings is 1. The van der Waals surface area contributed by atoms with Crippen molar-refractivity contribution in [2.75, 3.05) is 31.2 Å². The van der Waals surface area contributed by atoms with Gasteiger partial charge in [-0.2, -0.15) is 0 Å². The Morgan fingerprint density at radius 2 is 1.92 bits per heavy atom. The number of hydrogen-bond donors (Lipinski definition) is 1. The summed E-state index contributed by atoms with van der Waals surface area (Å²) in [6.45, 7) is 6.94. The Hall–Kier alpha value is -2.54. The SMILES string of the molecule is CCc1nc(N2CCOCC2)nc(C)c1C(=O)NCc1ccc(F)cc1. The number of halogens is 1. The first-order valence-corrected chi connectivity index (χ1v) is 8.81. The second-order valence-electron chi connectivity index (χ2n) is 6.19. The molecule has 7 heteroatoms. The summed E-state index contributed by atoms with van der Waals surface area (Å²) >= 11 is 0. The maximum absolute atomic E-state index is 13.0. The molecule has 2 aromatic rings. The van der Waals surface area contributed by atoms with Gasteiger partial charge in [0.05, 0.1) is 30.2 Å². The van der Waals surface area contributed by atoms with Crippen molar-refractivity contribution in [2.45, 2.75) is 26.8 Å². The van der Waals surface area contributed by atoms with Crippen LogP contribution in [0.3, 0.4) is 0 Å². The first-order valence-electron chi connectivity index (χ1n) is 8.81. The predicted octanol–water partition coefficient (Wildman–Crippen LogP) is 2.25. The van der Waals surface area contributed by atoms with E-state index in [2.05, 4.69) is 20.2 Å².